The van der Waals surface area contributed by atoms with E-state index in [1.807, 2.05) is 39.0 Å². The van der Waals surface area contributed by atoms with Crippen LogP contribution in [0.5, 0.6) is 5.75 Å². The highest BCUT2D eigenvalue weighted by Gasteiger charge is 2.28. The number of aromatic nitrogens is 1. The molecule has 0 aliphatic heterocycles. The van der Waals surface area contributed by atoms with E-state index in [0.717, 1.165) is 5.56 Å². The highest BCUT2D eigenvalue weighted by molar-refractivity contribution is 7.91. The van der Waals surface area contributed by atoms with Crippen LogP contribution < -0.4 is 4.74 Å². The fourth-order valence-corrected chi connectivity index (χ4v) is 2.58. The lowest BCUT2D eigenvalue weighted by Gasteiger charge is -2.19. The second kappa shape index (κ2) is 7.47. The van der Waals surface area contributed by atoms with Crippen LogP contribution in [0.15, 0.2) is 47.0 Å². The normalized spacial score (nSPS) is 13.2. The number of rotatable bonds is 4. The molecule has 1 heterocycles. The largest absolute Gasteiger partial charge is 0.591 e. The number of benzene rings is 1. The first kappa shape index (κ1) is 18.0. The Balaban J connectivity index is 2.66. The van der Waals surface area contributed by atoms with E-state index in [1.165, 1.54) is 0 Å². The lowest BCUT2D eigenvalue weighted by molar-refractivity contribution is 0.414. The molecule has 6 heteroatoms. The van der Waals surface area contributed by atoms with Gasteiger partial charge in [-0.2, -0.15) is 5.26 Å². The monoisotopic (exact) mass is 341 g/mol. The van der Waals surface area contributed by atoms with Crippen molar-refractivity contribution in [3.05, 3.63) is 59.4 Å². The summed E-state index contributed by atoms with van der Waals surface area (Å²) >= 11 is -1.48. The maximum absolute atomic E-state index is 12.6. The van der Waals surface area contributed by atoms with Crippen LogP contribution >= 0.6 is 0 Å². The first-order chi connectivity index (χ1) is 11.4. The third-order valence-electron chi connectivity index (χ3n) is 3.21. The quantitative estimate of drug-likeness (QED) is 0.631. The Labute approximate surface area is 145 Å². The van der Waals surface area contributed by atoms with Gasteiger partial charge < -0.3 is 9.29 Å². The van der Waals surface area contributed by atoms with E-state index in [4.69, 9.17) is 4.74 Å². The molecule has 0 bridgehead atoms. The summed E-state index contributed by atoms with van der Waals surface area (Å²) in [6.07, 6.45) is 1.55. The fraction of sp³-hybridized carbons (Fsp3) is 0.278. The van der Waals surface area contributed by atoms with Gasteiger partial charge in [0.05, 0.1) is 7.11 Å². The molecular formula is C18H19N3O2S. The number of pyridine rings is 1. The van der Waals surface area contributed by atoms with Crippen LogP contribution in [-0.4, -0.2) is 27.1 Å². The number of ether oxygens (including phenoxy) is 1. The average molecular weight is 341 g/mol. The molecular weight excluding hydrogens is 322 g/mol. The minimum Gasteiger partial charge on any atom is -0.591 e. The van der Waals surface area contributed by atoms with Gasteiger partial charge in [0.15, 0.2) is 0 Å². The van der Waals surface area contributed by atoms with Gasteiger partial charge in [-0.3, -0.25) is 0 Å². The molecule has 1 atom stereocenters. The summed E-state index contributed by atoms with van der Waals surface area (Å²) in [7, 11) is 1.58. The van der Waals surface area contributed by atoms with Crippen molar-refractivity contribution < 1.29 is 9.29 Å². The van der Waals surface area contributed by atoms with Crippen LogP contribution in [0.4, 0.5) is 0 Å². The Kier molecular flexibility index (Phi) is 5.60. The van der Waals surface area contributed by atoms with E-state index >= 15 is 0 Å². The van der Waals surface area contributed by atoms with Crippen LogP contribution in [0.25, 0.3) is 0 Å². The Bertz CT molecular complexity index is 791. The van der Waals surface area contributed by atoms with Crippen LogP contribution in [-0.2, 0) is 11.4 Å². The van der Waals surface area contributed by atoms with Crippen molar-refractivity contribution in [3.8, 4) is 11.8 Å². The lowest BCUT2D eigenvalue weighted by Crippen LogP contribution is -2.27. The van der Waals surface area contributed by atoms with Crippen molar-refractivity contribution >= 4 is 17.1 Å². The van der Waals surface area contributed by atoms with Crippen LogP contribution in [0.1, 0.15) is 37.6 Å². The second-order valence-corrected chi connectivity index (χ2v) is 7.95. The summed E-state index contributed by atoms with van der Waals surface area (Å²) in [4.78, 5) is 4.08. The van der Waals surface area contributed by atoms with Crippen molar-refractivity contribution in [2.75, 3.05) is 7.11 Å². The number of nitrogens with zero attached hydrogens (tertiary/aromatic N) is 3. The molecule has 0 spiro atoms. The Morgan fingerprint density at radius 3 is 2.67 bits per heavy atom. The predicted molar refractivity (Wildman–Crippen MR) is 95.5 cm³/mol. The van der Waals surface area contributed by atoms with Crippen molar-refractivity contribution in [3.63, 3.8) is 0 Å². The van der Waals surface area contributed by atoms with Gasteiger partial charge in [-0.1, -0.05) is 16.5 Å². The van der Waals surface area contributed by atoms with Gasteiger partial charge in [-0.15, -0.1) is 0 Å². The molecule has 0 N–H and O–H groups in total. The molecule has 0 amide bonds. The van der Waals surface area contributed by atoms with Gasteiger partial charge in [0.2, 0.25) is 0 Å². The molecule has 2 aromatic rings. The van der Waals surface area contributed by atoms with E-state index in [0.29, 0.717) is 17.0 Å². The summed E-state index contributed by atoms with van der Waals surface area (Å²) in [5.74, 6) is 0.657. The number of hydrogen-bond donors (Lipinski definition) is 0. The third kappa shape index (κ3) is 4.13. The first-order valence-corrected chi connectivity index (χ1v) is 8.48. The van der Waals surface area contributed by atoms with E-state index in [9.17, 15) is 9.81 Å². The summed E-state index contributed by atoms with van der Waals surface area (Å²) in [5, 5.41) is 9.34. The van der Waals surface area contributed by atoms with Gasteiger partial charge >= 0.3 is 0 Å². The van der Waals surface area contributed by atoms with Crippen LogP contribution in [0.3, 0.4) is 0 Å². The van der Waals surface area contributed by atoms with E-state index in [1.54, 1.807) is 31.5 Å². The van der Waals surface area contributed by atoms with Crippen LogP contribution in [0, 0.1) is 11.3 Å². The molecule has 1 aromatic heterocycles. The minimum absolute atomic E-state index is 0.241. The maximum Gasteiger partial charge on any atom is 0.150 e. The average Bonchev–Trinajstić information content (AvgIpc) is 2.58. The zero-order valence-electron chi connectivity index (χ0n) is 14.1. The van der Waals surface area contributed by atoms with Crippen molar-refractivity contribution in [1.29, 1.82) is 5.26 Å². The first-order valence-electron chi connectivity index (χ1n) is 7.37. The van der Waals surface area contributed by atoms with Gasteiger partial charge in [-0.05, 0) is 45.0 Å². The van der Waals surface area contributed by atoms with Gasteiger partial charge in [0.25, 0.3) is 0 Å². The van der Waals surface area contributed by atoms with Crippen molar-refractivity contribution in [2.24, 2.45) is 4.40 Å². The zero-order chi connectivity index (χ0) is 17.7. The Hall–Kier alpha value is -2.36. The molecule has 0 saturated heterocycles. The highest BCUT2D eigenvalue weighted by atomic mass is 32.2. The van der Waals surface area contributed by atoms with Gasteiger partial charge in [0.1, 0.15) is 39.3 Å². The minimum atomic E-state index is -1.48. The third-order valence-corrected chi connectivity index (χ3v) is 4.61. The summed E-state index contributed by atoms with van der Waals surface area (Å²) < 4.78 is 21.7. The second-order valence-electron chi connectivity index (χ2n) is 6.04. The molecule has 0 aliphatic carbocycles. The van der Waals surface area contributed by atoms with Crippen molar-refractivity contribution in [1.82, 2.24) is 4.98 Å². The Morgan fingerprint density at radius 2 is 2.04 bits per heavy atom. The standard InChI is InChI=1S/C18H19N3O2S/c1-18(2,3)24(22)21-17(13-7-5-8-14(11-13)23-4)15-9-6-10-20-16(15)12-19/h5-11H,1-4H3. The summed E-state index contributed by atoms with van der Waals surface area (Å²) in [6.45, 7) is 5.55. The number of methoxy groups -OCH3 is 1. The van der Waals surface area contributed by atoms with E-state index in [2.05, 4.69) is 15.5 Å². The summed E-state index contributed by atoms with van der Waals surface area (Å²) in [6, 6.07) is 12.8. The van der Waals surface area contributed by atoms with Gasteiger partial charge in [-0.25, -0.2) is 4.98 Å². The van der Waals surface area contributed by atoms with E-state index < -0.39 is 16.1 Å². The molecule has 5 nitrogen and oxygen atoms in total. The molecule has 24 heavy (non-hydrogen) atoms. The number of nitriles is 1. The highest BCUT2D eigenvalue weighted by Crippen LogP contribution is 2.23. The zero-order valence-corrected chi connectivity index (χ0v) is 14.9. The van der Waals surface area contributed by atoms with Crippen LogP contribution in [0.2, 0.25) is 0 Å². The molecule has 0 fully saturated rings. The molecule has 1 aromatic carbocycles. The number of hydrogen-bond acceptors (Lipinski definition) is 5. The Morgan fingerprint density at radius 1 is 1.29 bits per heavy atom. The molecule has 0 radical (unpaired) electrons. The molecule has 1 unspecified atom stereocenters. The summed E-state index contributed by atoms with van der Waals surface area (Å²) in [5.41, 5.74) is 1.97. The SMILES string of the molecule is COc1cccc(C(=N[S+]([O-])C(C)(C)C)c2cccnc2C#N)c1. The lowest BCUT2D eigenvalue weighted by atomic mass is 10.0. The predicted octanol–water partition coefficient (Wildman–Crippen LogP) is 3.26. The maximum atomic E-state index is 12.6. The van der Waals surface area contributed by atoms with E-state index in [-0.39, 0.29) is 5.69 Å². The topological polar surface area (TPSA) is 81.3 Å². The smallest absolute Gasteiger partial charge is 0.150 e. The molecule has 2 rings (SSSR count). The van der Waals surface area contributed by atoms with Crippen molar-refractivity contribution in [2.45, 2.75) is 25.5 Å². The fourth-order valence-electron chi connectivity index (χ4n) is 1.93. The molecule has 0 saturated carbocycles. The molecule has 124 valence electrons. The molecule has 0 aliphatic rings. The van der Waals surface area contributed by atoms with Gasteiger partial charge in [0, 0.05) is 17.3 Å².